The van der Waals surface area contributed by atoms with Crippen molar-refractivity contribution in [3.05, 3.63) is 51.4 Å². The number of fused-ring (bicyclic) bond motifs is 1. The lowest BCUT2D eigenvalue weighted by atomic mass is 10.2. The van der Waals surface area contributed by atoms with Crippen molar-refractivity contribution < 1.29 is 0 Å². The van der Waals surface area contributed by atoms with E-state index in [-0.39, 0.29) is 6.04 Å². The molecule has 2 aromatic heterocycles. The van der Waals surface area contributed by atoms with Gasteiger partial charge in [0.05, 0.1) is 16.1 Å². The Kier molecular flexibility index (Phi) is 4.29. The van der Waals surface area contributed by atoms with Crippen LogP contribution in [0.25, 0.3) is 11.0 Å². The highest BCUT2D eigenvalue weighted by molar-refractivity contribution is 7.10. The van der Waals surface area contributed by atoms with E-state index in [9.17, 15) is 0 Å². The standard InChI is InChI=1S/C16H18ClN3S/c1-2-8-20-14-6-4-3-5-13(14)19-15(20)10-12(18)16-11(17)7-9-21-16/h3-7,9,12H,2,8,10,18H2,1H3. The normalized spacial score (nSPS) is 12.9. The molecule has 0 aliphatic rings. The number of imidazole rings is 1. The molecule has 1 aromatic carbocycles. The average molecular weight is 320 g/mol. The third kappa shape index (κ3) is 2.84. The molecule has 0 amide bonds. The molecule has 3 aromatic rings. The van der Waals surface area contributed by atoms with Crippen LogP contribution >= 0.6 is 22.9 Å². The van der Waals surface area contributed by atoms with Crippen LogP contribution in [0.15, 0.2) is 35.7 Å². The summed E-state index contributed by atoms with van der Waals surface area (Å²) < 4.78 is 2.27. The minimum atomic E-state index is -0.107. The molecule has 0 fully saturated rings. The molecule has 0 saturated heterocycles. The van der Waals surface area contributed by atoms with Gasteiger partial charge in [0.15, 0.2) is 0 Å². The van der Waals surface area contributed by atoms with Crippen LogP contribution in [-0.2, 0) is 13.0 Å². The van der Waals surface area contributed by atoms with Gasteiger partial charge >= 0.3 is 0 Å². The molecule has 1 unspecified atom stereocenters. The molecule has 110 valence electrons. The van der Waals surface area contributed by atoms with Gasteiger partial charge in [-0.2, -0.15) is 0 Å². The zero-order chi connectivity index (χ0) is 14.8. The molecule has 1 atom stereocenters. The van der Waals surface area contributed by atoms with E-state index in [2.05, 4.69) is 29.7 Å². The number of hydrogen-bond acceptors (Lipinski definition) is 3. The number of aromatic nitrogens is 2. The molecule has 0 saturated carbocycles. The van der Waals surface area contributed by atoms with Crippen molar-refractivity contribution in [3.8, 4) is 0 Å². The lowest BCUT2D eigenvalue weighted by Crippen LogP contribution is -2.16. The Labute approximate surface area is 133 Å². The second-order valence-electron chi connectivity index (χ2n) is 5.11. The summed E-state index contributed by atoms with van der Waals surface area (Å²) in [5.41, 5.74) is 8.54. The first kappa shape index (κ1) is 14.6. The molecule has 5 heteroatoms. The number of aryl methyl sites for hydroxylation is 1. The van der Waals surface area contributed by atoms with E-state index in [1.165, 1.54) is 5.52 Å². The molecular formula is C16H18ClN3S. The Morgan fingerprint density at radius 2 is 2.14 bits per heavy atom. The molecule has 3 nitrogen and oxygen atoms in total. The number of nitrogens with two attached hydrogens (primary N) is 1. The van der Waals surface area contributed by atoms with E-state index in [1.807, 2.05) is 17.5 Å². The first-order valence-electron chi connectivity index (χ1n) is 7.13. The minimum absolute atomic E-state index is 0.107. The summed E-state index contributed by atoms with van der Waals surface area (Å²) in [7, 11) is 0. The zero-order valence-electron chi connectivity index (χ0n) is 11.9. The van der Waals surface area contributed by atoms with Gasteiger partial charge in [-0.1, -0.05) is 30.7 Å². The predicted molar refractivity (Wildman–Crippen MR) is 90.0 cm³/mol. The quantitative estimate of drug-likeness (QED) is 0.757. The summed E-state index contributed by atoms with van der Waals surface area (Å²) in [4.78, 5) is 5.79. The van der Waals surface area contributed by atoms with E-state index in [0.717, 1.165) is 34.2 Å². The summed E-state index contributed by atoms with van der Waals surface area (Å²) >= 11 is 7.79. The van der Waals surface area contributed by atoms with Crippen LogP contribution in [0.5, 0.6) is 0 Å². The van der Waals surface area contributed by atoms with Gasteiger partial charge in [0, 0.05) is 23.9 Å². The van der Waals surface area contributed by atoms with Crippen molar-refractivity contribution in [1.82, 2.24) is 9.55 Å². The van der Waals surface area contributed by atoms with Crippen molar-refractivity contribution >= 4 is 34.0 Å². The van der Waals surface area contributed by atoms with Crippen LogP contribution in [0.2, 0.25) is 5.02 Å². The number of para-hydroxylation sites is 2. The lowest BCUT2D eigenvalue weighted by molar-refractivity contribution is 0.614. The Hall–Kier alpha value is -1.36. The molecule has 21 heavy (non-hydrogen) atoms. The maximum absolute atomic E-state index is 6.33. The number of benzene rings is 1. The van der Waals surface area contributed by atoms with Gasteiger partial charge in [-0.25, -0.2) is 4.98 Å². The number of nitrogens with zero attached hydrogens (tertiary/aromatic N) is 2. The highest BCUT2D eigenvalue weighted by Crippen LogP contribution is 2.30. The van der Waals surface area contributed by atoms with E-state index >= 15 is 0 Å². The fourth-order valence-electron chi connectivity index (χ4n) is 2.61. The maximum atomic E-state index is 6.33. The lowest BCUT2D eigenvalue weighted by Gasteiger charge is -2.12. The van der Waals surface area contributed by atoms with Gasteiger partial charge < -0.3 is 10.3 Å². The Balaban J connectivity index is 1.96. The smallest absolute Gasteiger partial charge is 0.111 e. The molecule has 3 rings (SSSR count). The van der Waals surface area contributed by atoms with E-state index in [4.69, 9.17) is 22.3 Å². The van der Waals surface area contributed by atoms with Gasteiger partial charge in [-0.15, -0.1) is 11.3 Å². The fourth-order valence-corrected chi connectivity index (χ4v) is 3.81. The van der Waals surface area contributed by atoms with Crippen molar-refractivity contribution in [2.75, 3.05) is 0 Å². The molecule has 0 aliphatic heterocycles. The van der Waals surface area contributed by atoms with Crippen molar-refractivity contribution in [3.63, 3.8) is 0 Å². The van der Waals surface area contributed by atoms with Crippen LogP contribution in [0.3, 0.4) is 0 Å². The van der Waals surface area contributed by atoms with E-state index in [0.29, 0.717) is 6.42 Å². The zero-order valence-corrected chi connectivity index (χ0v) is 13.5. The van der Waals surface area contributed by atoms with Crippen molar-refractivity contribution in [2.45, 2.75) is 32.4 Å². The van der Waals surface area contributed by atoms with Gasteiger partial charge in [-0.05, 0) is 30.0 Å². The molecule has 0 spiro atoms. The van der Waals surface area contributed by atoms with Crippen LogP contribution in [0, 0.1) is 0 Å². The van der Waals surface area contributed by atoms with E-state index in [1.54, 1.807) is 11.3 Å². The second-order valence-corrected chi connectivity index (χ2v) is 6.47. The monoisotopic (exact) mass is 319 g/mol. The minimum Gasteiger partial charge on any atom is -0.328 e. The summed E-state index contributed by atoms with van der Waals surface area (Å²) in [6.07, 6.45) is 1.78. The summed E-state index contributed by atoms with van der Waals surface area (Å²) in [5, 5.41) is 2.73. The second kappa shape index (κ2) is 6.18. The molecule has 2 N–H and O–H groups in total. The van der Waals surface area contributed by atoms with Crippen LogP contribution in [0.4, 0.5) is 0 Å². The summed E-state index contributed by atoms with van der Waals surface area (Å²) in [5.74, 6) is 1.04. The highest BCUT2D eigenvalue weighted by Gasteiger charge is 2.17. The number of thiophene rings is 1. The number of hydrogen-bond donors (Lipinski definition) is 1. The predicted octanol–water partition coefficient (Wildman–Crippen LogP) is 4.40. The first-order valence-corrected chi connectivity index (χ1v) is 8.39. The van der Waals surface area contributed by atoms with Gasteiger partial charge in [0.2, 0.25) is 0 Å². The Morgan fingerprint density at radius 3 is 2.86 bits per heavy atom. The van der Waals surface area contributed by atoms with Crippen molar-refractivity contribution in [1.29, 1.82) is 0 Å². The van der Waals surface area contributed by atoms with Crippen LogP contribution < -0.4 is 5.73 Å². The maximum Gasteiger partial charge on any atom is 0.111 e. The molecule has 0 bridgehead atoms. The number of rotatable bonds is 5. The first-order chi connectivity index (χ1) is 10.2. The van der Waals surface area contributed by atoms with E-state index < -0.39 is 0 Å². The van der Waals surface area contributed by atoms with Crippen LogP contribution in [0.1, 0.15) is 30.1 Å². The topological polar surface area (TPSA) is 43.8 Å². The fraction of sp³-hybridized carbons (Fsp3) is 0.312. The number of halogens is 1. The third-order valence-electron chi connectivity index (χ3n) is 3.56. The molecule has 0 aliphatic carbocycles. The Morgan fingerprint density at radius 1 is 1.33 bits per heavy atom. The summed E-state index contributed by atoms with van der Waals surface area (Å²) in [6, 6.07) is 10.0. The third-order valence-corrected chi connectivity index (χ3v) is 5.06. The van der Waals surface area contributed by atoms with Gasteiger partial charge in [-0.3, -0.25) is 0 Å². The Bertz CT molecular complexity index is 747. The molecule has 2 heterocycles. The van der Waals surface area contributed by atoms with Gasteiger partial charge in [0.1, 0.15) is 5.82 Å². The SMILES string of the molecule is CCCn1c(CC(N)c2sccc2Cl)nc2ccccc21. The van der Waals surface area contributed by atoms with Crippen LogP contribution in [-0.4, -0.2) is 9.55 Å². The molecular weight excluding hydrogens is 302 g/mol. The largest absolute Gasteiger partial charge is 0.328 e. The highest BCUT2D eigenvalue weighted by atomic mass is 35.5. The van der Waals surface area contributed by atoms with Gasteiger partial charge in [0.25, 0.3) is 0 Å². The van der Waals surface area contributed by atoms with Crippen molar-refractivity contribution in [2.24, 2.45) is 5.73 Å². The average Bonchev–Trinajstić information content (AvgIpc) is 3.04. The summed E-state index contributed by atoms with van der Waals surface area (Å²) in [6.45, 7) is 3.13. The molecule has 0 radical (unpaired) electrons.